The number of ether oxygens (including phenoxy) is 3. The lowest BCUT2D eigenvalue weighted by molar-refractivity contribution is -0.158. The molecular formula is C13H24O4. The molecule has 0 aliphatic carbocycles. The van der Waals surface area contributed by atoms with Crippen LogP contribution in [0.1, 0.15) is 54.4 Å². The van der Waals surface area contributed by atoms with Crippen LogP contribution in [-0.4, -0.2) is 29.6 Å². The molecule has 1 aliphatic heterocycles. The average molecular weight is 244 g/mol. The van der Waals surface area contributed by atoms with Crippen molar-refractivity contribution >= 4 is 5.97 Å². The first-order valence-electron chi connectivity index (χ1n) is 6.16. The molecule has 0 bridgehead atoms. The van der Waals surface area contributed by atoms with E-state index in [-0.39, 0.29) is 18.2 Å². The van der Waals surface area contributed by atoms with Gasteiger partial charge in [0.2, 0.25) is 0 Å². The maximum absolute atomic E-state index is 11.6. The summed E-state index contributed by atoms with van der Waals surface area (Å²) < 4.78 is 16.6. The van der Waals surface area contributed by atoms with E-state index < -0.39 is 11.4 Å². The smallest absolute Gasteiger partial charge is 0.306 e. The van der Waals surface area contributed by atoms with Crippen molar-refractivity contribution < 1.29 is 19.0 Å². The topological polar surface area (TPSA) is 44.8 Å². The fourth-order valence-electron chi connectivity index (χ4n) is 1.96. The number of hydrogen-bond donors (Lipinski definition) is 0. The first kappa shape index (κ1) is 14.5. The summed E-state index contributed by atoms with van der Waals surface area (Å²) in [6.45, 7) is 11.3. The molecule has 0 unspecified atom stereocenters. The summed E-state index contributed by atoms with van der Waals surface area (Å²) in [5.41, 5.74) is -0.422. The highest BCUT2D eigenvalue weighted by Gasteiger charge is 2.38. The second kappa shape index (κ2) is 4.94. The van der Waals surface area contributed by atoms with Crippen LogP contribution in [0.3, 0.4) is 0 Å². The third-order valence-electron chi connectivity index (χ3n) is 2.48. The van der Waals surface area contributed by atoms with Gasteiger partial charge in [-0.2, -0.15) is 0 Å². The van der Waals surface area contributed by atoms with E-state index in [0.29, 0.717) is 12.8 Å². The van der Waals surface area contributed by atoms with Crippen LogP contribution in [0.25, 0.3) is 0 Å². The zero-order chi connectivity index (χ0) is 13.3. The highest BCUT2D eigenvalue weighted by atomic mass is 16.7. The highest BCUT2D eigenvalue weighted by Crippen LogP contribution is 2.30. The number of esters is 1. The fourth-order valence-corrected chi connectivity index (χ4v) is 1.96. The average Bonchev–Trinajstić information content (AvgIpc) is 2.33. The zero-order valence-electron chi connectivity index (χ0n) is 11.7. The van der Waals surface area contributed by atoms with Crippen LogP contribution in [0.4, 0.5) is 0 Å². The highest BCUT2D eigenvalue weighted by molar-refractivity contribution is 5.69. The fraction of sp³-hybridized carbons (Fsp3) is 0.923. The molecule has 1 heterocycles. The molecule has 0 aromatic carbocycles. The van der Waals surface area contributed by atoms with Gasteiger partial charge in [0.05, 0.1) is 12.2 Å². The Bertz CT molecular complexity index is 278. The third kappa shape index (κ3) is 5.04. The lowest BCUT2D eigenvalue weighted by Gasteiger charge is -2.20. The molecular weight excluding hydrogens is 220 g/mol. The van der Waals surface area contributed by atoms with Crippen LogP contribution in [0, 0.1) is 0 Å². The first-order valence-corrected chi connectivity index (χ1v) is 6.16. The van der Waals surface area contributed by atoms with Crippen molar-refractivity contribution in [2.24, 2.45) is 0 Å². The molecule has 0 N–H and O–H groups in total. The Labute approximate surface area is 104 Å². The van der Waals surface area contributed by atoms with Crippen molar-refractivity contribution in [1.29, 1.82) is 0 Å². The summed E-state index contributed by atoms with van der Waals surface area (Å²) in [5, 5.41) is 0. The van der Waals surface area contributed by atoms with Crippen molar-refractivity contribution in [1.82, 2.24) is 0 Å². The maximum atomic E-state index is 11.6. The van der Waals surface area contributed by atoms with Crippen molar-refractivity contribution in [2.75, 3.05) is 0 Å². The predicted octanol–water partition coefficient (Wildman–Crippen LogP) is 2.65. The molecule has 0 saturated carbocycles. The van der Waals surface area contributed by atoms with E-state index in [1.54, 1.807) is 0 Å². The van der Waals surface area contributed by atoms with Crippen LogP contribution in [0.2, 0.25) is 0 Å². The molecule has 1 saturated heterocycles. The number of carbonyl (C=O) groups excluding carboxylic acids is 1. The maximum Gasteiger partial charge on any atom is 0.306 e. The summed E-state index contributed by atoms with van der Waals surface area (Å²) in [4.78, 5) is 11.6. The molecule has 0 amide bonds. The second-order valence-electron chi connectivity index (χ2n) is 6.00. The Kier molecular flexibility index (Phi) is 4.20. The van der Waals surface area contributed by atoms with Crippen LogP contribution >= 0.6 is 0 Å². The van der Waals surface area contributed by atoms with E-state index in [9.17, 15) is 4.79 Å². The van der Waals surface area contributed by atoms with E-state index in [0.717, 1.165) is 0 Å². The van der Waals surface area contributed by atoms with Gasteiger partial charge in [-0.25, -0.2) is 0 Å². The second-order valence-corrected chi connectivity index (χ2v) is 6.00. The summed E-state index contributed by atoms with van der Waals surface area (Å²) in [5.74, 6) is -0.726. The Hall–Kier alpha value is -0.610. The molecule has 17 heavy (non-hydrogen) atoms. The summed E-state index contributed by atoms with van der Waals surface area (Å²) >= 11 is 0. The molecule has 100 valence electrons. The van der Waals surface area contributed by atoms with Crippen LogP contribution in [0.5, 0.6) is 0 Å². The number of hydrogen-bond acceptors (Lipinski definition) is 4. The Morgan fingerprint density at radius 1 is 1.29 bits per heavy atom. The van der Waals surface area contributed by atoms with Crippen molar-refractivity contribution in [3.8, 4) is 0 Å². The van der Waals surface area contributed by atoms with Crippen LogP contribution in [0.15, 0.2) is 0 Å². The Balaban J connectivity index is 2.34. The summed E-state index contributed by atoms with van der Waals surface area (Å²) in [6.07, 6.45) is 0.996. The first-order chi connectivity index (χ1) is 7.59. The van der Waals surface area contributed by atoms with Crippen molar-refractivity contribution in [3.05, 3.63) is 0 Å². The van der Waals surface area contributed by atoms with Gasteiger partial charge in [-0.3, -0.25) is 4.79 Å². The van der Waals surface area contributed by atoms with Gasteiger partial charge in [-0.05, 0) is 48.0 Å². The molecule has 0 aromatic rings. The van der Waals surface area contributed by atoms with E-state index in [4.69, 9.17) is 14.2 Å². The summed E-state index contributed by atoms with van der Waals surface area (Å²) in [6, 6.07) is 0. The van der Waals surface area contributed by atoms with E-state index in [1.807, 2.05) is 41.5 Å². The van der Waals surface area contributed by atoms with Gasteiger partial charge in [0, 0.05) is 6.42 Å². The molecule has 4 nitrogen and oxygen atoms in total. The number of carbonyl (C=O) groups is 1. The van der Waals surface area contributed by atoms with Crippen molar-refractivity contribution in [3.63, 3.8) is 0 Å². The third-order valence-corrected chi connectivity index (χ3v) is 2.48. The molecule has 1 rings (SSSR count). The van der Waals surface area contributed by atoms with Gasteiger partial charge < -0.3 is 14.2 Å². The van der Waals surface area contributed by atoms with Gasteiger partial charge >= 0.3 is 5.97 Å². The molecule has 0 radical (unpaired) electrons. The van der Waals surface area contributed by atoms with Gasteiger partial charge in [-0.1, -0.05) is 0 Å². The van der Waals surface area contributed by atoms with Crippen LogP contribution in [-0.2, 0) is 19.0 Å². The van der Waals surface area contributed by atoms with E-state index in [1.165, 1.54) is 0 Å². The zero-order valence-corrected chi connectivity index (χ0v) is 11.7. The quantitative estimate of drug-likeness (QED) is 0.716. The van der Waals surface area contributed by atoms with Crippen molar-refractivity contribution in [2.45, 2.75) is 78.0 Å². The normalized spacial score (nSPS) is 28.1. The summed E-state index contributed by atoms with van der Waals surface area (Å²) in [7, 11) is 0. The van der Waals surface area contributed by atoms with Gasteiger partial charge in [-0.15, -0.1) is 0 Å². The van der Waals surface area contributed by atoms with Gasteiger partial charge in [0.15, 0.2) is 5.79 Å². The minimum absolute atomic E-state index is 0.0208. The molecule has 1 aliphatic rings. The van der Waals surface area contributed by atoms with Gasteiger partial charge in [0.1, 0.15) is 5.60 Å². The van der Waals surface area contributed by atoms with Crippen LogP contribution < -0.4 is 0 Å². The van der Waals surface area contributed by atoms with E-state index >= 15 is 0 Å². The molecule has 2 atom stereocenters. The monoisotopic (exact) mass is 244 g/mol. The lowest BCUT2D eigenvalue weighted by Crippen LogP contribution is -2.26. The SMILES string of the molecule is C[C@@H]1OC(C)(C)O[C@@H]1CCC(=O)OC(C)(C)C. The predicted molar refractivity (Wildman–Crippen MR) is 64.6 cm³/mol. The minimum Gasteiger partial charge on any atom is -0.460 e. The lowest BCUT2D eigenvalue weighted by atomic mass is 10.1. The molecule has 0 spiro atoms. The number of rotatable bonds is 3. The van der Waals surface area contributed by atoms with E-state index in [2.05, 4.69) is 0 Å². The Morgan fingerprint density at radius 3 is 2.29 bits per heavy atom. The molecule has 1 fully saturated rings. The standard InChI is InChI=1S/C13H24O4/c1-9-10(16-13(5,6)15-9)7-8-11(14)17-12(2,3)4/h9-10H,7-8H2,1-6H3/t9-,10+/m0/s1. The minimum atomic E-state index is -0.544. The Morgan fingerprint density at radius 2 is 1.88 bits per heavy atom. The molecule has 0 aromatic heterocycles. The largest absolute Gasteiger partial charge is 0.460 e. The van der Waals surface area contributed by atoms with Gasteiger partial charge in [0.25, 0.3) is 0 Å². The molecule has 4 heteroatoms.